The van der Waals surface area contributed by atoms with Gasteiger partial charge in [0.2, 0.25) is 17.8 Å². The van der Waals surface area contributed by atoms with Crippen LogP contribution in [0.1, 0.15) is 19.5 Å². The Kier molecular flexibility index (Phi) is 4.59. The van der Waals surface area contributed by atoms with Crippen LogP contribution in [0.25, 0.3) is 0 Å². The molecule has 0 atom stereocenters. The number of aromatic nitrogens is 5. The molecule has 0 saturated heterocycles. The normalized spacial score (nSPS) is 10.3. The van der Waals surface area contributed by atoms with Crippen molar-refractivity contribution in [3.63, 3.8) is 0 Å². The van der Waals surface area contributed by atoms with Crippen LogP contribution in [-0.4, -0.2) is 38.0 Å². The second-order valence-corrected chi connectivity index (χ2v) is 4.04. The van der Waals surface area contributed by atoms with E-state index in [4.69, 9.17) is 5.73 Å². The Morgan fingerprint density at radius 1 is 1.20 bits per heavy atom. The summed E-state index contributed by atoms with van der Waals surface area (Å²) >= 11 is 0. The maximum Gasteiger partial charge on any atom is 0.231 e. The molecule has 20 heavy (non-hydrogen) atoms. The summed E-state index contributed by atoms with van der Waals surface area (Å²) in [6, 6.07) is 1.82. The second kappa shape index (κ2) is 6.60. The molecule has 0 radical (unpaired) electrons. The van der Waals surface area contributed by atoms with Crippen molar-refractivity contribution in [1.29, 1.82) is 0 Å². The maximum atomic E-state index is 5.72. The number of nitrogens with zero attached hydrogens (tertiary/aromatic N) is 6. The molecular weight excluding hydrogens is 256 g/mol. The topological polar surface area (TPSA) is 106 Å². The smallest absolute Gasteiger partial charge is 0.231 e. The molecule has 0 aliphatic heterocycles. The van der Waals surface area contributed by atoms with Crippen molar-refractivity contribution in [3.8, 4) is 0 Å². The molecule has 0 unspecified atom stereocenters. The molecule has 0 saturated carbocycles. The van der Waals surface area contributed by atoms with Crippen LogP contribution < -0.4 is 16.0 Å². The van der Waals surface area contributed by atoms with Gasteiger partial charge < -0.3 is 16.0 Å². The maximum absolute atomic E-state index is 5.72. The lowest BCUT2D eigenvalue weighted by atomic mass is 10.4. The molecule has 0 aliphatic carbocycles. The summed E-state index contributed by atoms with van der Waals surface area (Å²) in [7, 11) is 0. The fraction of sp³-hybridized carbons (Fsp3) is 0.417. The molecule has 0 bridgehead atoms. The van der Waals surface area contributed by atoms with Crippen molar-refractivity contribution in [3.05, 3.63) is 24.3 Å². The van der Waals surface area contributed by atoms with E-state index in [0.29, 0.717) is 18.4 Å². The van der Waals surface area contributed by atoms with E-state index in [-0.39, 0.29) is 5.95 Å². The Balaban J connectivity index is 2.12. The second-order valence-electron chi connectivity index (χ2n) is 4.04. The summed E-state index contributed by atoms with van der Waals surface area (Å²) in [4.78, 5) is 22.6. The zero-order valence-corrected chi connectivity index (χ0v) is 11.6. The lowest BCUT2D eigenvalue weighted by Gasteiger charge is -2.18. The van der Waals surface area contributed by atoms with E-state index in [9.17, 15) is 0 Å². The molecule has 106 valence electrons. The van der Waals surface area contributed by atoms with Crippen LogP contribution in [0, 0.1) is 0 Å². The van der Waals surface area contributed by atoms with E-state index >= 15 is 0 Å². The molecule has 2 heterocycles. The Bertz CT molecular complexity index is 540. The van der Waals surface area contributed by atoms with Crippen LogP contribution in [0.15, 0.2) is 18.6 Å². The first-order valence-corrected chi connectivity index (χ1v) is 6.48. The van der Waals surface area contributed by atoms with E-state index in [0.717, 1.165) is 18.8 Å². The minimum atomic E-state index is 0.201. The van der Waals surface area contributed by atoms with Crippen LogP contribution in [0.5, 0.6) is 0 Å². The number of nitrogens with two attached hydrogens (primary N) is 1. The van der Waals surface area contributed by atoms with Crippen molar-refractivity contribution in [2.45, 2.75) is 20.4 Å². The number of hydrogen-bond acceptors (Lipinski definition) is 8. The minimum Gasteiger partial charge on any atom is -0.368 e. The van der Waals surface area contributed by atoms with Crippen molar-refractivity contribution in [1.82, 2.24) is 24.9 Å². The number of nitrogens with one attached hydrogen (secondary N) is 1. The third-order valence-electron chi connectivity index (χ3n) is 2.76. The van der Waals surface area contributed by atoms with Crippen molar-refractivity contribution >= 4 is 17.8 Å². The monoisotopic (exact) mass is 274 g/mol. The summed E-state index contributed by atoms with van der Waals surface area (Å²) in [5.74, 6) is 1.22. The van der Waals surface area contributed by atoms with Crippen molar-refractivity contribution in [2.75, 3.05) is 29.0 Å². The Hall–Kier alpha value is -2.51. The van der Waals surface area contributed by atoms with Gasteiger partial charge in [-0.15, -0.1) is 0 Å². The van der Waals surface area contributed by atoms with Gasteiger partial charge in [0, 0.05) is 19.3 Å². The third kappa shape index (κ3) is 3.50. The van der Waals surface area contributed by atoms with Crippen LogP contribution in [0.4, 0.5) is 17.8 Å². The van der Waals surface area contributed by atoms with Crippen LogP contribution in [0.2, 0.25) is 0 Å². The molecule has 8 nitrogen and oxygen atoms in total. The lowest BCUT2D eigenvalue weighted by molar-refractivity contribution is 0.813. The first-order chi connectivity index (χ1) is 9.72. The number of hydrogen-bond donors (Lipinski definition) is 2. The summed E-state index contributed by atoms with van der Waals surface area (Å²) in [5, 5.41) is 3.09. The lowest BCUT2D eigenvalue weighted by Crippen LogP contribution is -2.25. The van der Waals surface area contributed by atoms with Gasteiger partial charge >= 0.3 is 0 Å². The van der Waals surface area contributed by atoms with Crippen molar-refractivity contribution in [2.24, 2.45) is 0 Å². The largest absolute Gasteiger partial charge is 0.368 e. The first-order valence-electron chi connectivity index (χ1n) is 6.48. The van der Waals surface area contributed by atoms with E-state index in [1.807, 2.05) is 24.8 Å². The zero-order valence-electron chi connectivity index (χ0n) is 11.6. The van der Waals surface area contributed by atoms with Gasteiger partial charge in [-0.3, -0.25) is 0 Å². The highest BCUT2D eigenvalue weighted by molar-refractivity contribution is 5.41. The molecule has 2 rings (SSSR count). The van der Waals surface area contributed by atoms with E-state index < -0.39 is 0 Å². The molecular formula is C12H18N8. The Morgan fingerprint density at radius 2 is 2.00 bits per heavy atom. The molecule has 0 fully saturated rings. The highest BCUT2D eigenvalue weighted by Gasteiger charge is 2.09. The van der Waals surface area contributed by atoms with E-state index in [1.165, 1.54) is 6.33 Å². The standard InChI is InChI=1S/C12H18N8/c1-3-20(4-2)12-18-10(13)17-11(19-12)15-7-9-5-6-14-8-16-9/h5-6,8H,3-4,7H2,1-2H3,(H3,13,15,17,18,19). The minimum absolute atomic E-state index is 0.201. The van der Waals surface area contributed by atoms with Gasteiger partial charge in [-0.05, 0) is 19.9 Å². The van der Waals surface area contributed by atoms with Gasteiger partial charge in [0.25, 0.3) is 0 Å². The van der Waals surface area contributed by atoms with Gasteiger partial charge in [-0.1, -0.05) is 0 Å². The summed E-state index contributed by atoms with van der Waals surface area (Å²) < 4.78 is 0. The summed E-state index contributed by atoms with van der Waals surface area (Å²) in [5.41, 5.74) is 6.57. The molecule has 2 aromatic heterocycles. The molecule has 8 heteroatoms. The number of rotatable bonds is 6. The molecule has 0 spiro atoms. The fourth-order valence-electron chi connectivity index (χ4n) is 1.70. The average Bonchev–Trinajstić information content (AvgIpc) is 2.47. The van der Waals surface area contributed by atoms with Gasteiger partial charge in [0.1, 0.15) is 6.33 Å². The quantitative estimate of drug-likeness (QED) is 0.793. The third-order valence-corrected chi connectivity index (χ3v) is 2.76. The Labute approximate surface area is 117 Å². The van der Waals surface area contributed by atoms with E-state index in [2.05, 4.69) is 30.2 Å². The summed E-state index contributed by atoms with van der Waals surface area (Å²) in [6.07, 6.45) is 3.19. The highest BCUT2D eigenvalue weighted by atomic mass is 15.3. The molecule has 0 amide bonds. The highest BCUT2D eigenvalue weighted by Crippen LogP contribution is 2.12. The first kappa shape index (κ1) is 13.9. The van der Waals surface area contributed by atoms with Gasteiger partial charge in [-0.25, -0.2) is 9.97 Å². The Morgan fingerprint density at radius 3 is 2.65 bits per heavy atom. The average molecular weight is 274 g/mol. The molecule has 2 aromatic rings. The summed E-state index contributed by atoms with van der Waals surface area (Å²) in [6.45, 7) is 6.20. The predicted molar refractivity (Wildman–Crippen MR) is 77.2 cm³/mol. The molecule has 0 aromatic carbocycles. The predicted octanol–water partition coefficient (Wildman–Crippen LogP) is 0.702. The van der Waals surface area contributed by atoms with E-state index in [1.54, 1.807) is 6.20 Å². The van der Waals surface area contributed by atoms with Crippen LogP contribution in [-0.2, 0) is 6.54 Å². The molecule has 3 N–H and O–H groups in total. The SMILES string of the molecule is CCN(CC)c1nc(N)nc(NCc2ccncn2)n1. The number of nitrogen functional groups attached to an aromatic ring is 1. The van der Waals surface area contributed by atoms with Crippen LogP contribution in [0.3, 0.4) is 0 Å². The fourth-order valence-corrected chi connectivity index (χ4v) is 1.70. The zero-order chi connectivity index (χ0) is 14.4. The number of anilines is 3. The van der Waals surface area contributed by atoms with Crippen molar-refractivity contribution < 1.29 is 0 Å². The van der Waals surface area contributed by atoms with Gasteiger partial charge in [-0.2, -0.15) is 15.0 Å². The van der Waals surface area contributed by atoms with Crippen LogP contribution >= 0.6 is 0 Å². The van der Waals surface area contributed by atoms with Gasteiger partial charge in [0.15, 0.2) is 0 Å². The molecule has 0 aliphatic rings. The van der Waals surface area contributed by atoms with Gasteiger partial charge in [0.05, 0.1) is 12.2 Å².